The van der Waals surface area contributed by atoms with E-state index in [0.717, 1.165) is 6.26 Å². The van der Waals surface area contributed by atoms with E-state index in [0.29, 0.717) is 10.9 Å². The molecular formula is C23H18Cl2N4O7S. The van der Waals surface area contributed by atoms with Gasteiger partial charge < -0.3 is 9.47 Å². The SMILES string of the molecule is COc1cc(OC)c(Cl)c(-c2cc3cnc(S(C)(=O)=O)nc3n(Cc3ccc([N+](=O)[O-])cc3)c2=O)c1Cl. The molecule has 0 N–H and O–H groups in total. The van der Waals surface area contributed by atoms with E-state index in [9.17, 15) is 23.3 Å². The summed E-state index contributed by atoms with van der Waals surface area (Å²) in [4.78, 5) is 32.4. The average Bonchev–Trinajstić information content (AvgIpc) is 2.86. The number of rotatable bonds is 7. The standard InChI is InChI=1S/C23H18Cl2N4O7S/c1-35-16-9-17(36-2)20(25)18(19(16)24)15-8-13-10-26-23(37(3,33)34)27-21(13)28(22(15)30)11-12-4-6-14(7-5-12)29(31)32/h4-10H,11H2,1-3H3. The Bertz CT molecular complexity index is 1690. The van der Waals surface area contributed by atoms with Gasteiger partial charge >= 0.3 is 0 Å². The fraction of sp³-hybridized carbons (Fsp3) is 0.174. The van der Waals surface area contributed by atoms with E-state index in [2.05, 4.69) is 9.97 Å². The molecule has 0 radical (unpaired) electrons. The number of nitrogens with zero attached hydrogens (tertiary/aromatic N) is 4. The molecule has 14 heteroatoms. The van der Waals surface area contributed by atoms with Gasteiger partial charge in [-0.15, -0.1) is 0 Å². The van der Waals surface area contributed by atoms with E-state index < -0.39 is 25.5 Å². The van der Waals surface area contributed by atoms with Gasteiger partial charge in [-0.25, -0.2) is 13.4 Å². The second-order valence-corrected chi connectivity index (χ2v) is 10.5. The second kappa shape index (κ2) is 9.96. The maximum Gasteiger partial charge on any atom is 0.269 e. The zero-order valence-electron chi connectivity index (χ0n) is 19.6. The third-order valence-corrected chi connectivity index (χ3v) is 7.08. The monoisotopic (exact) mass is 564 g/mol. The Balaban J connectivity index is 2.05. The molecule has 4 rings (SSSR count). The van der Waals surface area contributed by atoms with Crippen molar-refractivity contribution in [2.24, 2.45) is 0 Å². The minimum atomic E-state index is -3.79. The average molecular weight is 565 g/mol. The molecule has 2 aromatic heterocycles. The molecule has 0 aliphatic rings. The van der Waals surface area contributed by atoms with E-state index in [1.807, 2.05) is 0 Å². The Hall–Kier alpha value is -3.74. The van der Waals surface area contributed by atoms with E-state index in [4.69, 9.17) is 32.7 Å². The van der Waals surface area contributed by atoms with E-state index >= 15 is 0 Å². The molecule has 0 aliphatic heterocycles. The van der Waals surface area contributed by atoms with Gasteiger partial charge in [-0.3, -0.25) is 19.5 Å². The molecule has 0 atom stereocenters. The number of sulfone groups is 1. The van der Waals surface area contributed by atoms with Gasteiger partial charge in [-0.05, 0) is 11.6 Å². The molecule has 0 bridgehead atoms. The zero-order chi connectivity index (χ0) is 27.1. The van der Waals surface area contributed by atoms with Gasteiger partial charge in [0.1, 0.15) is 17.1 Å². The molecule has 4 aromatic rings. The van der Waals surface area contributed by atoms with Crippen LogP contribution in [0.3, 0.4) is 0 Å². The molecule has 2 heterocycles. The highest BCUT2D eigenvalue weighted by Gasteiger charge is 2.24. The number of ether oxygens (including phenoxy) is 2. The first-order chi connectivity index (χ1) is 17.5. The summed E-state index contributed by atoms with van der Waals surface area (Å²) in [6.07, 6.45) is 2.22. The summed E-state index contributed by atoms with van der Waals surface area (Å²) in [7, 11) is -1.00. The van der Waals surface area contributed by atoms with Crippen LogP contribution in [0.25, 0.3) is 22.2 Å². The normalized spacial score (nSPS) is 11.5. The lowest BCUT2D eigenvalue weighted by atomic mass is 10.0. The second-order valence-electron chi connectivity index (χ2n) is 7.86. The van der Waals surface area contributed by atoms with Crippen molar-refractivity contribution >= 4 is 49.8 Å². The number of methoxy groups -OCH3 is 2. The molecule has 0 saturated heterocycles. The fourth-order valence-corrected chi connectivity index (χ4v) is 4.88. The zero-order valence-corrected chi connectivity index (χ0v) is 21.9. The van der Waals surface area contributed by atoms with Crippen molar-refractivity contribution in [3.8, 4) is 22.6 Å². The molecule has 0 saturated carbocycles. The van der Waals surface area contributed by atoms with Gasteiger partial charge in [-0.1, -0.05) is 35.3 Å². The maximum absolute atomic E-state index is 13.9. The third kappa shape index (κ3) is 4.95. The van der Waals surface area contributed by atoms with Gasteiger partial charge in [-0.2, -0.15) is 4.98 Å². The summed E-state index contributed by atoms with van der Waals surface area (Å²) in [5.41, 5.74) is 0.00523. The number of benzene rings is 2. The summed E-state index contributed by atoms with van der Waals surface area (Å²) in [5.74, 6) is 0.422. The highest BCUT2D eigenvalue weighted by atomic mass is 35.5. The Kier molecular flexibility index (Phi) is 7.09. The van der Waals surface area contributed by atoms with Crippen LogP contribution in [0.15, 0.2) is 52.5 Å². The number of halogens is 2. The van der Waals surface area contributed by atoms with Crippen LogP contribution in [0.1, 0.15) is 5.56 Å². The highest BCUT2D eigenvalue weighted by Crippen LogP contribution is 2.45. The van der Waals surface area contributed by atoms with Crippen molar-refractivity contribution in [2.75, 3.05) is 20.5 Å². The lowest BCUT2D eigenvalue weighted by Crippen LogP contribution is -2.24. The molecule has 0 spiro atoms. The Labute approximate surface area is 220 Å². The van der Waals surface area contributed by atoms with Gasteiger partial charge in [0.25, 0.3) is 11.2 Å². The molecule has 0 aliphatic carbocycles. The van der Waals surface area contributed by atoms with Gasteiger partial charge in [0, 0.05) is 41.6 Å². The van der Waals surface area contributed by atoms with Crippen LogP contribution < -0.4 is 15.0 Å². The molecule has 192 valence electrons. The van der Waals surface area contributed by atoms with Crippen molar-refractivity contribution in [1.29, 1.82) is 0 Å². The summed E-state index contributed by atoms with van der Waals surface area (Å²) in [5, 5.41) is 11.0. The minimum Gasteiger partial charge on any atom is -0.495 e. The number of nitro groups is 1. The fourth-order valence-electron chi connectivity index (χ4n) is 3.68. The lowest BCUT2D eigenvalue weighted by Gasteiger charge is -2.17. The van der Waals surface area contributed by atoms with E-state index in [-0.39, 0.29) is 50.6 Å². The topological polar surface area (TPSA) is 144 Å². The largest absolute Gasteiger partial charge is 0.495 e. The number of aromatic nitrogens is 3. The van der Waals surface area contributed by atoms with E-state index in [1.54, 1.807) is 0 Å². The summed E-state index contributed by atoms with van der Waals surface area (Å²) in [6.45, 7) is -0.0995. The molecule has 0 amide bonds. The first kappa shape index (κ1) is 26.3. The van der Waals surface area contributed by atoms with Crippen LogP contribution >= 0.6 is 23.2 Å². The van der Waals surface area contributed by atoms with Crippen LogP contribution in [-0.2, 0) is 16.4 Å². The molecule has 11 nitrogen and oxygen atoms in total. The molecule has 37 heavy (non-hydrogen) atoms. The Morgan fingerprint density at radius 2 is 1.65 bits per heavy atom. The van der Waals surface area contributed by atoms with Crippen LogP contribution in [0, 0.1) is 10.1 Å². The number of hydrogen-bond acceptors (Lipinski definition) is 9. The summed E-state index contributed by atoms with van der Waals surface area (Å²) < 4.78 is 36.1. The quantitative estimate of drug-likeness (QED) is 0.183. The number of pyridine rings is 1. The van der Waals surface area contributed by atoms with Crippen molar-refractivity contribution in [2.45, 2.75) is 11.7 Å². The predicted octanol–water partition coefficient (Wildman–Crippen LogP) is 4.14. The van der Waals surface area contributed by atoms with Crippen molar-refractivity contribution < 1.29 is 22.8 Å². The van der Waals surface area contributed by atoms with Crippen LogP contribution in [-0.4, -0.2) is 48.4 Å². The minimum absolute atomic E-state index is 0.0321. The number of nitro benzene ring substituents is 1. The molecule has 0 unspecified atom stereocenters. The lowest BCUT2D eigenvalue weighted by molar-refractivity contribution is -0.384. The van der Waals surface area contributed by atoms with E-state index in [1.165, 1.54) is 61.4 Å². The molecule has 2 aromatic carbocycles. The van der Waals surface area contributed by atoms with Crippen LogP contribution in [0.2, 0.25) is 10.0 Å². The highest BCUT2D eigenvalue weighted by molar-refractivity contribution is 7.90. The number of hydrogen-bond donors (Lipinski definition) is 0. The Morgan fingerprint density at radius 3 is 2.16 bits per heavy atom. The molecule has 0 fully saturated rings. The number of fused-ring (bicyclic) bond motifs is 1. The summed E-state index contributed by atoms with van der Waals surface area (Å²) in [6, 6.07) is 8.48. The first-order valence-corrected chi connectivity index (χ1v) is 13.0. The van der Waals surface area contributed by atoms with Crippen LogP contribution in [0.4, 0.5) is 5.69 Å². The predicted molar refractivity (Wildman–Crippen MR) is 138 cm³/mol. The first-order valence-electron chi connectivity index (χ1n) is 10.4. The number of non-ortho nitro benzene ring substituents is 1. The van der Waals surface area contributed by atoms with Gasteiger partial charge in [0.05, 0.1) is 41.3 Å². The van der Waals surface area contributed by atoms with Crippen molar-refractivity contribution in [3.05, 3.63) is 78.7 Å². The molecular weight excluding hydrogens is 547 g/mol. The maximum atomic E-state index is 13.9. The van der Waals surface area contributed by atoms with Crippen molar-refractivity contribution in [3.63, 3.8) is 0 Å². The van der Waals surface area contributed by atoms with Crippen LogP contribution in [0.5, 0.6) is 11.5 Å². The Morgan fingerprint density at radius 1 is 1.05 bits per heavy atom. The van der Waals surface area contributed by atoms with Gasteiger partial charge in [0.2, 0.25) is 15.0 Å². The van der Waals surface area contributed by atoms with Crippen molar-refractivity contribution in [1.82, 2.24) is 14.5 Å². The summed E-state index contributed by atoms with van der Waals surface area (Å²) >= 11 is 13.1. The smallest absolute Gasteiger partial charge is 0.269 e. The third-order valence-electron chi connectivity index (χ3n) is 5.47. The van der Waals surface area contributed by atoms with Gasteiger partial charge in [0.15, 0.2) is 0 Å².